The van der Waals surface area contributed by atoms with Gasteiger partial charge in [-0.15, -0.1) is 0 Å². The van der Waals surface area contributed by atoms with Crippen LogP contribution in [-0.4, -0.2) is 24.9 Å². The number of anilines is 1. The zero-order valence-corrected chi connectivity index (χ0v) is 9.92. The molecule has 1 aromatic heterocycles. The van der Waals surface area contributed by atoms with E-state index in [1.54, 1.807) is 24.5 Å². The summed E-state index contributed by atoms with van der Waals surface area (Å²) < 4.78 is 0. The number of hydrogen-bond acceptors (Lipinski definition) is 3. The highest BCUT2D eigenvalue weighted by molar-refractivity contribution is 6.12. The van der Waals surface area contributed by atoms with Crippen LogP contribution < -0.4 is 4.90 Å². The molecule has 0 aliphatic heterocycles. The Kier molecular flexibility index (Phi) is 3.19. The van der Waals surface area contributed by atoms with Crippen LogP contribution >= 0.6 is 0 Å². The summed E-state index contributed by atoms with van der Waals surface area (Å²) in [6.07, 6.45) is 3.25. The van der Waals surface area contributed by atoms with Crippen LogP contribution in [-0.2, 0) is 0 Å². The standard InChI is InChI=1S/C14H14N2O/c1-16(2)13-8-4-3-7-12(13)14(17)11-6-5-9-15-10-11/h3-10H,1-2H3. The Labute approximate surface area is 101 Å². The first-order valence-corrected chi connectivity index (χ1v) is 5.41. The molecule has 0 aliphatic carbocycles. The summed E-state index contributed by atoms with van der Waals surface area (Å²) in [4.78, 5) is 18.2. The number of hydrogen-bond donors (Lipinski definition) is 0. The maximum Gasteiger partial charge on any atom is 0.196 e. The van der Waals surface area contributed by atoms with Crippen LogP contribution in [0.4, 0.5) is 5.69 Å². The number of benzene rings is 1. The van der Waals surface area contributed by atoms with Crippen LogP contribution in [0.5, 0.6) is 0 Å². The van der Waals surface area contributed by atoms with E-state index < -0.39 is 0 Å². The van der Waals surface area contributed by atoms with E-state index in [9.17, 15) is 4.79 Å². The van der Waals surface area contributed by atoms with Crippen molar-refractivity contribution < 1.29 is 4.79 Å². The van der Waals surface area contributed by atoms with Gasteiger partial charge in [-0.05, 0) is 24.3 Å². The van der Waals surface area contributed by atoms with Crippen molar-refractivity contribution >= 4 is 11.5 Å². The molecule has 0 spiro atoms. The highest BCUT2D eigenvalue weighted by atomic mass is 16.1. The summed E-state index contributed by atoms with van der Waals surface area (Å²) in [6.45, 7) is 0. The number of ketones is 1. The zero-order chi connectivity index (χ0) is 12.3. The van der Waals surface area contributed by atoms with Gasteiger partial charge in [0, 0.05) is 43.3 Å². The fourth-order valence-corrected chi connectivity index (χ4v) is 1.71. The minimum absolute atomic E-state index is 0.00222. The van der Waals surface area contributed by atoms with Gasteiger partial charge in [-0.1, -0.05) is 12.1 Å². The van der Waals surface area contributed by atoms with Gasteiger partial charge < -0.3 is 4.90 Å². The van der Waals surface area contributed by atoms with Crippen LogP contribution in [0, 0.1) is 0 Å². The molecule has 0 atom stereocenters. The second kappa shape index (κ2) is 4.78. The van der Waals surface area contributed by atoms with Gasteiger partial charge >= 0.3 is 0 Å². The van der Waals surface area contributed by atoms with E-state index in [1.165, 1.54) is 0 Å². The molecule has 0 amide bonds. The van der Waals surface area contributed by atoms with Crippen LogP contribution in [0.2, 0.25) is 0 Å². The quantitative estimate of drug-likeness (QED) is 0.753. The van der Waals surface area contributed by atoms with Gasteiger partial charge in [0.1, 0.15) is 0 Å². The average Bonchev–Trinajstić information content (AvgIpc) is 2.39. The molecule has 0 fully saturated rings. The van der Waals surface area contributed by atoms with Crippen LogP contribution in [0.25, 0.3) is 0 Å². The molecule has 0 saturated carbocycles. The lowest BCUT2D eigenvalue weighted by Crippen LogP contribution is -2.14. The molecule has 3 heteroatoms. The van der Waals surface area contributed by atoms with Gasteiger partial charge in [-0.2, -0.15) is 0 Å². The largest absolute Gasteiger partial charge is 0.377 e. The molecule has 1 heterocycles. The van der Waals surface area contributed by atoms with Crippen molar-refractivity contribution in [1.82, 2.24) is 4.98 Å². The van der Waals surface area contributed by atoms with Gasteiger partial charge in [-0.25, -0.2) is 0 Å². The molecule has 0 radical (unpaired) electrons. The topological polar surface area (TPSA) is 33.2 Å². The van der Waals surface area contributed by atoms with Crippen LogP contribution in [0.15, 0.2) is 48.8 Å². The summed E-state index contributed by atoms with van der Waals surface area (Å²) in [5, 5.41) is 0. The molecular weight excluding hydrogens is 212 g/mol. The molecule has 0 N–H and O–H groups in total. The number of para-hydroxylation sites is 1. The third kappa shape index (κ3) is 2.33. The van der Waals surface area contributed by atoms with Crippen molar-refractivity contribution in [3.63, 3.8) is 0 Å². The molecular formula is C14H14N2O. The Balaban J connectivity index is 2.45. The monoisotopic (exact) mass is 226 g/mol. The number of carbonyl (C=O) groups excluding carboxylic acids is 1. The summed E-state index contributed by atoms with van der Waals surface area (Å²) in [5.74, 6) is 0.00222. The Hall–Kier alpha value is -2.16. The number of carbonyl (C=O) groups is 1. The minimum atomic E-state index is 0.00222. The first-order chi connectivity index (χ1) is 8.20. The summed E-state index contributed by atoms with van der Waals surface area (Å²) in [6, 6.07) is 11.1. The lowest BCUT2D eigenvalue weighted by Gasteiger charge is -2.16. The summed E-state index contributed by atoms with van der Waals surface area (Å²) >= 11 is 0. The normalized spacial score (nSPS) is 10.0. The lowest BCUT2D eigenvalue weighted by atomic mass is 10.0. The van der Waals surface area contributed by atoms with Gasteiger partial charge in [-0.3, -0.25) is 9.78 Å². The van der Waals surface area contributed by atoms with Crippen molar-refractivity contribution in [1.29, 1.82) is 0 Å². The van der Waals surface area contributed by atoms with E-state index in [2.05, 4.69) is 4.98 Å². The number of pyridine rings is 1. The van der Waals surface area contributed by atoms with Crippen molar-refractivity contribution in [2.24, 2.45) is 0 Å². The highest BCUT2D eigenvalue weighted by Crippen LogP contribution is 2.20. The fourth-order valence-electron chi connectivity index (χ4n) is 1.71. The minimum Gasteiger partial charge on any atom is -0.377 e. The van der Waals surface area contributed by atoms with Crippen molar-refractivity contribution in [2.45, 2.75) is 0 Å². The third-order valence-electron chi connectivity index (χ3n) is 2.55. The Morgan fingerprint density at radius 2 is 1.88 bits per heavy atom. The lowest BCUT2D eigenvalue weighted by molar-refractivity contribution is 0.103. The summed E-state index contributed by atoms with van der Waals surface area (Å²) in [5.41, 5.74) is 2.23. The third-order valence-corrected chi connectivity index (χ3v) is 2.55. The molecule has 2 rings (SSSR count). The molecule has 0 saturated heterocycles. The van der Waals surface area contributed by atoms with E-state index in [0.29, 0.717) is 11.1 Å². The highest BCUT2D eigenvalue weighted by Gasteiger charge is 2.13. The predicted octanol–water partition coefficient (Wildman–Crippen LogP) is 2.38. The van der Waals surface area contributed by atoms with Crippen molar-refractivity contribution in [3.8, 4) is 0 Å². The first-order valence-electron chi connectivity index (χ1n) is 5.41. The van der Waals surface area contributed by atoms with Crippen LogP contribution in [0.3, 0.4) is 0 Å². The maximum atomic E-state index is 12.3. The molecule has 86 valence electrons. The van der Waals surface area contributed by atoms with Crippen molar-refractivity contribution in [2.75, 3.05) is 19.0 Å². The van der Waals surface area contributed by atoms with Gasteiger partial charge in [0.15, 0.2) is 5.78 Å². The molecule has 2 aromatic rings. The maximum absolute atomic E-state index is 12.3. The van der Waals surface area contributed by atoms with Gasteiger partial charge in [0.25, 0.3) is 0 Å². The number of aromatic nitrogens is 1. The molecule has 1 aromatic carbocycles. The predicted molar refractivity (Wildman–Crippen MR) is 68.4 cm³/mol. The van der Waals surface area contributed by atoms with E-state index >= 15 is 0 Å². The Morgan fingerprint density at radius 3 is 2.53 bits per heavy atom. The Bertz CT molecular complexity index is 521. The number of nitrogens with zero attached hydrogens (tertiary/aromatic N) is 2. The van der Waals surface area contributed by atoms with E-state index in [1.807, 2.05) is 43.3 Å². The van der Waals surface area contributed by atoms with E-state index in [4.69, 9.17) is 0 Å². The van der Waals surface area contributed by atoms with Gasteiger partial charge in [0.05, 0.1) is 0 Å². The SMILES string of the molecule is CN(C)c1ccccc1C(=O)c1cccnc1. The number of rotatable bonds is 3. The van der Waals surface area contributed by atoms with Crippen molar-refractivity contribution in [3.05, 3.63) is 59.9 Å². The second-order valence-electron chi connectivity index (χ2n) is 3.98. The molecule has 0 aliphatic rings. The molecule has 3 nitrogen and oxygen atoms in total. The molecule has 17 heavy (non-hydrogen) atoms. The molecule has 0 bridgehead atoms. The molecule has 0 unspecified atom stereocenters. The van der Waals surface area contributed by atoms with Crippen LogP contribution in [0.1, 0.15) is 15.9 Å². The second-order valence-corrected chi connectivity index (χ2v) is 3.98. The zero-order valence-electron chi connectivity index (χ0n) is 9.92. The first kappa shape index (κ1) is 11.3. The summed E-state index contributed by atoms with van der Waals surface area (Å²) in [7, 11) is 3.85. The average molecular weight is 226 g/mol. The van der Waals surface area contributed by atoms with E-state index in [0.717, 1.165) is 5.69 Å². The smallest absolute Gasteiger partial charge is 0.196 e. The van der Waals surface area contributed by atoms with Gasteiger partial charge in [0.2, 0.25) is 0 Å². The van der Waals surface area contributed by atoms with E-state index in [-0.39, 0.29) is 5.78 Å². The Morgan fingerprint density at radius 1 is 1.12 bits per heavy atom. The fraction of sp³-hybridized carbons (Fsp3) is 0.143.